The number of hydrogen-bond donors (Lipinski definition) is 2. The molecule has 0 aliphatic carbocycles. The molecule has 18 heavy (non-hydrogen) atoms. The summed E-state index contributed by atoms with van der Waals surface area (Å²) in [6, 6.07) is 1.65. The van der Waals surface area contributed by atoms with Crippen molar-refractivity contribution in [2.75, 3.05) is 14.2 Å². The first-order valence-electron chi connectivity index (χ1n) is 5.32. The molecule has 1 aromatic carbocycles. The van der Waals surface area contributed by atoms with Crippen molar-refractivity contribution in [3.8, 4) is 5.75 Å². The van der Waals surface area contributed by atoms with Crippen LogP contribution in [0.4, 0.5) is 4.39 Å². The molecule has 1 aromatic rings. The number of benzene rings is 1. The van der Waals surface area contributed by atoms with Gasteiger partial charge >= 0.3 is 5.97 Å². The second-order valence-electron chi connectivity index (χ2n) is 3.84. The summed E-state index contributed by atoms with van der Waals surface area (Å²) in [5.74, 6) is -1.59. The van der Waals surface area contributed by atoms with Crippen molar-refractivity contribution in [1.29, 1.82) is 0 Å². The molecule has 0 saturated heterocycles. The van der Waals surface area contributed by atoms with Gasteiger partial charge in [-0.3, -0.25) is 4.79 Å². The van der Waals surface area contributed by atoms with Crippen LogP contribution in [0.1, 0.15) is 11.1 Å². The molecule has 0 aliphatic heterocycles. The molecule has 0 fully saturated rings. The van der Waals surface area contributed by atoms with Crippen molar-refractivity contribution >= 4 is 5.97 Å². The van der Waals surface area contributed by atoms with E-state index in [-0.39, 0.29) is 18.8 Å². The Morgan fingerprint density at radius 2 is 2.11 bits per heavy atom. The summed E-state index contributed by atoms with van der Waals surface area (Å²) >= 11 is 0. The molecule has 0 radical (unpaired) electrons. The molecular weight excluding hydrogens is 241 g/mol. The monoisotopic (exact) mass is 257 g/mol. The number of carbonyl (C=O) groups is 1. The number of nitrogens with two attached hydrogens (primary N) is 1. The summed E-state index contributed by atoms with van der Waals surface area (Å²) in [7, 11) is 2.86. The van der Waals surface area contributed by atoms with Crippen LogP contribution in [0.25, 0.3) is 0 Å². The zero-order chi connectivity index (χ0) is 13.7. The first kappa shape index (κ1) is 14.4. The van der Waals surface area contributed by atoms with Gasteiger partial charge in [0, 0.05) is 7.11 Å². The predicted octanol–water partition coefficient (Wildman–Crippen LogP) is 0.935. The van der Waals surface area contributed by atoms with Crippen LogP contribution >= 0.6 is 0 Å². The fourth-order valence-electron chi connectivity index (χ4n) is 1.60. The van der Waals surface area contributed by atoms with Crippen LogP contribution in [0.5, 0.6) is 5.75 Å². The summed E-state index contributed by atoms with van der Waals surface area (Å²) in [5, 5.41) is 8.76. The van der Waals surface area contributed by atoms with Crippen LogP contribution in [0.15, 0.2) is 12.1 Å². The Labute approximate surface area is 104 Å². The minimum absolute atomic E-state index is 0.0366. The molecule has 5 nitrogen and oxygen atoms in total. The second kappa shape index (κ2) is 6.32. The smallest absolute Gasteiger partial charge is 0.320 e. The third-order valence-corrected chi connectivity index (χ3v) is 2.53. The average Bonchev–Trinajstić information content (AvgIpc) is 2.32. The standard InChI is InChI=1S/C12H16FNO4/c1-17-6-8-5-11(18-2)9(13)3-7(8)4-10(14)12(15)16/h3,5,10H,4,6,14H2,1-2H3,(H,15,16). The zero-order valence-corrected chi connectivity index (χ0v) is 10.3. The summed E-state index contributed by atoms with van der Waals surface area (Å²) in [6.45, 7) is 0.234. The SMILES string of the molecule is COCc1cc(OC)c(F)cc1CC(N)C(=O)O. The summed E-state index contributed by atoms with van der Waals surface area (Å²) < 4.78 is 23.4. The van der Waals surface area contributed by atoms with Gasteiger partial charge < -0.3 is 20.3 Å². The highest BCUT2D eigenvalue weighted by atomic mass is 19.1. The highest BCUT2D eigenvalue weighted by molar-refractivity contribution is 5.73. The average molecular weight is 257 g/mol. The Morgan fingerprint density at radius 1 is 1.44 bits per heavy atom. The zero-order valence-electron chi connectivity index (χ0n) is 10.3. The van der Waals surface area contributed by atoms with Gasteiger partial charge in [-0.15, -0.1) is 0 Å². The molecule has 1 atom stereocenters. The molecule has 3 N–H and O–H groups in total. The lowest BCUT2D eigenvalue weighted by Crippen LogP contribution is -2.32. The number of rotatable bonds is 6. The normalized spacial score (nSPS) is 12.2. The van der Waals surface area contributed by atoms with Crippen molar-refractivity contribution in [2.45, 2.75) is 19.1 Å². The van der Waals surface area contributed by atoms with Crippen LogP contribution in [-0.2, 0) is 22.6 Å². The van der Waals surface area contributed by atoms with E-state index in [1.807, 2.05) is 0 Å². The van der Waals surface area contributed by atoms with E-state index < -0.39 is 17.8 Å². The maximum absolute atomic E-state index is 13.6. The highest BCUT2D eigenvalue weighted by Crippen LogP contribution is 2.23. The molecule has 0 aliphatic rings. The lowest BCUT2D eigenvalue weighted by Gasteiger charge is -2.13. The topological polar surface area (TPSA) is 81.8 Å². The van der Waals surface area contributed by atoms with Gasteiger partial charge in [0.05, 0.1) is 13.7 Å². The Bertz CT molecular complexity index is 436. The van der Waals surface area contributed by atoms with E-state index in [1.165, 1.54) is 26.4 Å². The minimum Gasteiger partial charge on any atom is -0.494 e. The van der Waals surface area contributed by atoms with Crippen molar-refractivity contribution in [1.82, 2.24) is 0 Å². The largest absolute Gasteiger partial charge is 0.494 e. The van der Waals surface area contributed by atoms with E-state index >= 15 is 0 Å². The molecule has 100 valence electrons. The second-order valence-corrected chi connectivity index (χ2v) is 3.84. The molecule has 6 heteroatoms. The lowest BCUT2D eigenvalue weighted by molar-refractivity contribution is -0.138. The molecule has 1 unspecified atom stereocenters. The van der Waals surface area contributed by atoms with E-state index in [9.17, 15) is 9.18 Å². The predicted molar refractivity (Wildman–Crippen MR) is 63.0 cm³/mol. The molecule has 0 aromatic heterocycles. The number of carboxylic acid groups (broad SMARTS) is 1. The van der Waals surface area contributed by atoms with Crippen molar-refractivity contribution < 1.29 is 23.8 Å². The van der Waals surface area contributed by atoms with Gasteiger partial charge in [0.15, 0.2) is 11.6 Å². The Hall–Kier alpha value is -1.66. The fourth-order valence-corrected chi connectivity index (χ4v) is 1.60. The first-order chi connectivity index (χ1) is 8.49. The minimum atomic E-state index is -1.13. The Balaban J connectivity index is 3.08. The first-order valence-corrected chi connectivity index (χ1v) is 5.32. The van der Waals surface area contributed by atoms with E-state index in [0.29, 0.717) is 11.1 Å². The molecule has 0 amide bonds. The summed E-state index contributed by atoms with van der Waals surface area (Å²) in [5.41, 5.74) is 6.60. The van der Waals surface area contributed by atoms with E-state index in [0.717, 1.165) is 0 Å². The third-order valence-electron chi connectivity index (χ3n) is 2.53. The number of halogens is 1. The molecule has 0 spiro atoms. The van der Waals surface area contributed by atoms with E-state index in [4.69, 9.17) is 20.3 Å². The molecule has 0 heterocycles. The van der Waals surface area contributed by atoms with Crippen molar-refractivity contribution in [3.63, 3.8) is 0 Å². The van der Waals surface area contributed by atoms with E-state index in [1.54, 1.807) is 0 Å². The maximum atomic E-state index is 13.6. The van der Waals surface area contributed by atoms with Crippen LogP contribution < -0.4 is 10.5 Å². The van der Waals surface area contributed by atoms with E-state index in [2.05, 4.69) is 0 Å². The van der Waals surface area contributed by atoms with Gasteiger partial charge in [0.1, 0.15) is 6.04 Å². The van der Waals surface area contributed by atoms with Gasteiger partial charge in [-0.2, -0.15) is 0 Å². The van der Waals surface area contributed by atoms with Crippen LogP contribution in [-0.4, -0.2) is 31.3 Å². The van der Waals surface area contributed by atoms with Gasteiger partial charge in [0.2, 0.25) is 0 Å². The molecule has 0 saturated carbocycles. The van der Waals surface area contributed by atoms with Crippen LogP contribution in [0.3, 0.4) is 0 Å². The third kappa shape index (κ3) is 3.41. The maximum Gasteiger partial charge on any atom is 0.320 e. The number of hydrogen-bond acceptors (Lipinski definition) is 4. The van der Waals surface area contributed by atoms with Gasteiger partial charge in [-0.1, -0.05) is 0 Å². The lowest BCUT2D eigenvalue weighted by atomic mass is 10.0. The molecular formula is C12H16FNO4. The fraction of sp³-hybridized carbons (Fsp3) is 0.417. The Morgan fingerprint density at radius 3 is 2.61 bits per heavy atom. The number of ether oxygens (including phenoxy) is 2. The number of aliphatic carboxylic acids is 1. The molecule has 1 rings (SSSR count). The molecule has 0 bridgehead atoms. The number of carboxylic acids is 1. The van der Waals surface area contributed by atoms with Gasteiger partial charge in [0.25, 0.3) is 0 Å². The Kier molecular flexibility index (Phi) is 5.06. The quantitative estimate of drug-likeness (QED) is 0.792. The van der Waals surface area contributed by atoms with Gasteiger partial charge in [-0.25, -0.2) is 4.39 Å². The summed E-state index contributed by atoms with van der Waals surface area (Å²) in [4.78, 5) is 10.7. The van der Waals surface area contributed by atoms with Gasteiger partial charge in [-0.05, 0) is 29.7 Å². The van der Waals surface area contributed by atoms with Crippen LogP contribution in [0, 0.1) is 5.82 Å². The number of methoxy groups -OCH3 is 2. The van der Waals surface area contributed by atoms with Crippen molar-refractivity contribution in [3.05, 3.63) is 29.1 Å². The summed E-state index contributed by atoms with van der Waals surface area (Å²) in [6.07, 6.45) is 0.0366. The highest BCUT2D eigenvalue weighted by Gasteiger charge is 2.17. The van der Waals surface area contributed by atoms with Crippen molar-refractivity contribution in [2.24, 2.45) is 5.73 Å². The van der Waals surface area contributed by atoms with Crippen LogP contribution in [0.2, 0.25) is 0 Å².